The van der Waals surface area contributed by atoms with E-state index in [2.05, 4.69) is 26.0 Å². The molecule has 0 aromatic heterocycles. The lowest BCUT2D eigenvalue weighted by molar-refractivity contribution is -0.196. The molecule has 2 bridgehead atoms. The smallest absolute Gasteiger partial charge is 0.330 e. The first-order chi connectivity index (χ1) is 15.8. The highest BCUT2D eigenvalue weighted by Crippen LogP contribution is 2.71. The molecule has 3 saturated carbocycles. The van der Waals surface area contributed by atoms with Gasteiger partial charge in [-0.1, -0.05) is 56.3 Å². The predicted molar refractivity (Wildman–Crippen MR) is 129 cm³/mol. The van der Waals surface area contributed by atoms with Crippen LogP contribution in [-0.4, -0.2) is 35.5 Å². The van der Waals surface area contributed by atoms with Gasteiger partial charge < -0.3 is 14.9 Å². The minimum Gasteiger partial charge on any atom is -0.462 e. The van der Waals surface area contributed by atoms with Crippen molar-refractivity contribution in [2.45, 2.75) is 64.9 Å². The van der Waals surface area contributed by atoms with E-state index in [1.807, 2.05) is 30.3 Å². The highest BCUT2D eigenvalue weighted by Gasteiger charge is 2.65. The second-order valence-corrected chi connectivity index (χ2v) is 11.9. The molecule has 1 aromatic carbocycles. The summed E-state index contributed by atoms with van der Waals surface area (Å²) in [6.45, 7) is 5.03. The highest BCUT2D eigenvalue weighted by molar-refractivity contribution is 5.87. The van der Waals surface area contributed by atoms with Gasteiger partial charge in [0.1, 0.15) is 6.61 Å². The van der Waals surface area contributed by atoms with Gasteiger partial charge in [-0.25, -0.2) is 4.79 Å². The van der Waals surface area contributed by atoms with E-state index in [1.165, 1.54) is 6.08 Å². The van der Waals surface area contributed by atoms with Crippen LogP contribution in [0.15, 0.2) is 48.6 Å². The monoisotopic (exact) mass is 450 g/mol. The summed E-state index contributed by atoms with van der Waals surface area (Å²) in [7, 11) is 0. The van der Waals surface area contributed by atoms with Gasteiger partial charge in [-0.15, -0.1) is 0 Å². The van der Waals surface area contributed by atoms with E-state index in [1.54, 1.807) is 6.08 Å². The number of aliphatic hydroxyl groups excluding tert-OH is 2. The normalized spacial score (nSPS) is 43.8. The number of allylic oxidation sites excluding steroid dienone is 1. The molecule has 3 fully saturated rings. The van der Waals surface area contributed by atoms with Gasteiger partial charge >= 0.3 is 5.97 Å². The third kappa shape index (κ3) is 3.61. The number of rotatable bonds is 5. The van der Waals surface area contributed by atoms with Crippen molar-refractivity contribution in [1.29, 1.82) is 0 Å². The molecule has 178 valence electrons. The van der Waals surface area contributed by atoms with Gasteiger partial charge in [0.2, 0.25) is 0 Å². The van der Waals surface area contributed by atoms with Crippen molar-refractivity contribution in [1.82, 2.24) is 0 Å². The molecule has 4 heteroatoms. The van der Waals surface area contributed by atoms with Crippen molar-refractivity contribution >= 4 is 12.0 Å². The Morgan fingerprint density at radius 2 is 1.82 bits per heavy atom. The molecule has 4 aliphatic carbocycles. The van der Waals surface area contributed by atoms with Crippen LogP contribution in [0.25, 0.3) is 6.08 Å². The second-order valence-electron chi connectivity index (χ2n) is 11.9. The van der Waals surface area contributed by atoms with Gasteiger partial charge in [0, 0.05) is 16.9 Å². The average Bonchev–Trinajstić information content (AvgIpc) is 3.10. The minimum absolute atomic E-state index is 0.0512. The zero-order valence-electron chi connectivity index (χ0n) is 20.0. The maximum atomic E-state index is 12.4. The van der Waals surface area contributed by atoms with Gasteiger partial charge in [0.25, 0.3) is 0 Å². The minimum atomic E-state index is -0.417. The van der Waals surface area contributed by atoms with Gasteiger partial charge in [-0.05, 0) is 79.3 Å². The van der Waals surface area contributed by atoms with Crippen LogP contribution >= 0.6 is 0 Å². The summed E-state index contributed by atoms with van der Waals surface area (Å²) in [6, 6.07) is 9.81. The van der Waals surface area contributed by atoms with E-state index in [0.29, 0.717) is 18.4 Å². The molecule has 4 aliphatic rings. The number of carbonyl (C=O) groups is 1. The summed E-state index contributed by atoms with van der Waals surface area (Å²) in [6.07, 6.45) is 14.9. The Morgan fingerprint density at radius 1 is 1.06 bits per heavy atom. The number of fused-ring (bicyclic) bond motifs is 3. The second kappa shape index (κ2) is 8.09. The summed E-state index contributed by atoms with van der Waals surface area (Å²) >= 11 is 0. The van der Waals surface area contributed by atoms with Crippen molar-refractivity contribution < 1.29 is 19.7 Å². The molecule has 0 heterocycles. The van der Waals surface area contributed by atoms with Crippen molar-refractivity contribution in [3.63, 3.8) is 0 Å². The van der Waals surface area contributed by atoms with Crippen LogP contribution in [-0.2, 0) is 9.53 Å². The summed E-state index contributed by atoms with van der Waals surface area (Å²) < 4.78 is 5.75. The first-order valence-electron chi connectivity index (χ1n) is 12.6. The first kappa shape index (κ1) is 22.9. The third-order valence-electron chi connectivity index (χ3n) is 10.1. The molecular weight excluding hydrogens is 412 g/mol. The topological polar surface area (TPSA) is 66.8 Å². The lowest BCUT2D eigenvalue weighted by atomic mass is 9.40. The largest absolute Gasteiger partial charge is 0.462 e. The molecule has 33 heavy (non-hydrogen) atoms. The molecule has 0 unspecified atom stereocenters. The van der Waals surface area contributed by atoms with E-state index < -0.39 is 11.5 Å². The number of carbonyl (C=O) groups excluding carboxylic acids is 1. The van der Waals surface area contributed by atoms with Gasteiger partial charge in [0.05, 0.1) is 12.7 Å². The zero-order valence-corrected chi connectivity index (χ0v) is 20.0. The lowest BCUT2D eigenvalue weighted by Crippen LogP contribution is -2.61. The average molecular weight is 451 g/mol. The van der Waals surface area contributed by atoms with E-state index in [4.69, 9.17) is 4.74 Å². The summed E-state index contributed by atoms with van der Waals surface area (Å²) in [5, 5.41) is 21.0. The number of esters is 1. The van der Waals surface area contributed by atoms with E-state index >= 15 is 0 Å². The molecule has 4 nitrogen and oxygen atoms in total. The SMILES string of the molecule is C[C@]1(CO)[C@H]2CC[C@]34C=C[C@](COC(=O)/C=C/c5ccccc5)(CC[C@H]3[C@]2(C)CC[C@H]1O)C4. The Labute approximate surface area is 197 Å². The van der Waals surface area contributed by atoms with Crippen LogP contribution in [0.5, 0.6) is 0 Å². The molecule has 0 amide bonds. The van der Waals surface area contributed by atoms with Gasteiger partial charge in [-0.3, -0.25) is 0 Å². The fourth-order valence-corrected chi connectivity index (χ4v) is 8.38. The van der Waals surface area contributed by atoms with Crippen LogP contribution in [0.4, 0.5) is 0 Å². The van der Waals surface area contributed by atoms with Gasteiger partial charge in [-0.2, -0.15) is 0 Å². The van der Waals surface area contributed by atoms with E-state index in [-0.39, 0.29) is 28.8 Å². The molecule has 1 aromatic rings. The first-order valence-corrected chi connectivity index (χ1v) is 12.6. The number of aliphatic hydroxyl groups is 2. The molecule has 0 radical (unpaired) electrons. The Kier molecular flexibility index (Phi) is 5.61. The van der Waals surface area contributed by atoms with Crippen LogP contribution < -0.4 is 0 Å². The summed E-state index contributed by atoms with van der Waals surface area (Å²) in [5.41, 5.74) is 0.820. The Hall–Kier alpha value is -1.91. The molecule has 0 aliphatic heterocycles. The third-order valence-corrected chi connectivity index (χ3v) is 10.1. The van der Waals surface area contributed by atoms with Gasteiger partial charge in [0.15, 0.2) is 0 Å². The maximum Gasteiger partial charge on any atom is 0.330 e. The molecular formula is C29H38O4. The highest BCUT2D eigenvalue weighted by atomic mass is 16.5. The fraction of sp³-hybridized carbons (Fsp3) is 0.621. The maximum absolute atomic E-state index is 12.4. The zero-order chi connectivity index (χ0) is 23.3. The number of benzene rings is 1. The molecule has 2 N–H and O–H groups in total. The van der Waals surface area contributed by atoms with Crippen molar-refractivity contribution in [3.8, 4) is 0 Å². The summed E-state index contributed by atoms with van der Waals surface area (Å²) in [5.74, 6) is 0.625. The number of hydrogen-bond donors (Lipinski definition) is 2. The standard InChI is InChI=1S/C29H38O4/c1-26-13-12-24(31)27(2,19-30)22(26)11-15-29-17-16-28(18-29,14-10-23(26)29)20-33-25(32)9-8-21-6-4-3-5-7-21/h3-9,16-17,22-24,30-31H,10-15,18-20H2,1-2H3/b9-8+/t22-,23-,24+,26+,27-,28+,29+/m0/s1. The fourth-order valence-electron chi connectivity index (χ4n) is 8.38. The molecule has 7 atom stereocenters. The Bertz CT molecular complexity index is 954. The van der Waals surface area contributed by atoms with Crippen molar-refractivity contribution in [3.05, 3.63) is 54.1 Å². The van der Waals surface area contributed by atoms with E-state index in [0.717, 1.165) is 50.5 Å². The Morgan fingerprint density at radius 3 is 2.58 bits per heavy atom. The lowest BCUT2D eigenvalue weighted by Gasteiger charge is -2.65. The van der Waals surface area contributed by atoms with Crippen LogP contribution in [0.3, 0.4) is 0 Å². The van der Waals surface area contributed by atoms with Crippen molar-refractivity contribution in [2.24, 2.45) is 33.5 Å². The number of ether oxygens (including phenoxy) is 1. The predicted octanol–water partition coefficient (Wildman–Crippen LogP) is 5.16. The van der Waals surface area contributed by atoms with Crippen LogP contribution in [0.1, 0.15) is 64.4 Å². The number of hydrogen-bond acceptors (Lipinski definition) is 4. The molecule has 5 rings (SSSR count). The quantitative estimate of drug-likeness (QED) is 0.370. The van der Waals surface area contributed by atoms with Crippen LogP contribution in [0, 0.1) is 33.5 Å². The molecule has 1 spiro atoms. The van der Waals surface area contributed by atoms with E-state index in [9.17, 15) is 15.0 Å². The van der Waals surface area contributed by atoms with Crippen molar-refractivity contribution in [2.75, 3.05) is 13.2 Å². The van der Waals surface area contributed by atoms with Crippen LogP contribution in [0.2, 0.25) is 0 Å². The molecule has 0 saturated heterocycles. The summed E-state index contributed by atoms with van der Waals surface area (Å²) in [4.78, 5) is 12.4. The Balaban J connectivity index is 1.28.